The molecule has 2 N–H and O–H groups in total. The topological polar surface area (TPSA) is 65.6 Å². The van der Waals surface area contributed by atoms with Crippen molar-refractivity contribution < 1.29 is 14.6 Å². The SMILES string of the molecule is O=C(O)[C@@H](c1c[nH]c2cc(OCc3ccccc3)ccc12)N1CCSCC1. The lowest BCUT2D eigenvalue weighted by Gasteiger charge is -2.31. The second kappa shape index (κ2) is 8.06. The molecule has 1 atom stereocenters. The smallest absolute Gasteiger partial charge is 0.325 e. The van der Waals surface area contributed by atoms with Crippen LogP contribution in [0.5, 0.6) is 5.75 Å². The van der Waals surface area contributed by atoms with Crippen LogP contribution in [-0.2, 0) is 11.4 Å². The van der Waals surface area contributed by atoms with Crippen LogP contribution in [0.3, 0.4) is 0 Å². The fraction of sp³-hybridized carbons (Fsp3) is 0.286. The van der Waals surface area contributed by atoms with Gasteiger partial charge in [0.25, 0.3) is 0 Å². The first-order valence-electron chi connectivity index (χ1n) is 9.05. The molecule has 0 unspecified atom stereocenters. The molecular weight excluding hydrogens is 360 g/mol. The number of aromatic nitrogens is 1. The van der Waals surface area contributed by atoms with Crippen molar-refractivity contribution in [2.24, 2.45) is 0 Å². The van der Waals surface area contributed by atoms with E-state index < -0.39 is 12.0 Å². The van der Waals surface area contributed by atoms with Crippen LogP contribution in [0.4, 0.5) is 0 Å². The Morgan fingerprint density at radius 3 is 2.70 bits per heavy atom. The summed E-state index contributed by atoms with van der Waals surface area (Å²) in [6, 6.07) is 15.2. The Labute approximate surface area is 162 Å². The second-order valence-electron chi connectivity index (χ2n) is 6.61. The van der Waals surface area contributed by atoms with Gasteiger partial charge in [-0.2, -0.15) is 11.8 Å². The molecule has 5 nitrogen and oxygen atoms in total. The highest BCUT2D eigenvalue weighted by Crippen LogP contribution is 2.32. The summed E-state index contributed by atoms with van der Waals surface area (Å²) in [4.78, 5) is 17.3. The number of aliphatic carboxylic acids is 1. The molecule has 2 aromatic carbocycles. The van der Waals surface area contributed by atoms with Crippen LogP contribution < -0.4 is 4.74 Å². The minimum Gasteiger partial charge on any atom is -0.489 e. The predicted octanol–water partition coefficient (Wildman–Crippen LogP) is 3.92. The molecule has 1 aliphatic rings. The zero-order valence-corrected chi connectivity index (χ0v) is 15.7. The molecule has 0 bridgehead atoms. The average molecular weight is 382 g/mol. The van der Waals surface area contributed by atoms with Gasteiger partial charge in [-0.3, -0.25) is 9.69 Å². The molecule has 1 fully saturated rings. The van der Waals surface area contributed by atoms with Gasteiger partial charge in [0.2, 0.25) is 0 Å². The van der Waals surface area contributed by atoms with E-state index >= 15 is 0 Å². The summed E-state index contributed by atoms with van der Waals surface area (Å²) in [7, 11) is 0. The van der Waals surface area contributed by atoms with E-state index in [-0.39, 0.29) is 0 Å². The van der Waals surface area contributed by atoms with E-state index in [0.717, 1.165) is 52.4 Å². The van der Waals surface area contributed by atoms with Gasteiger partial charge in [-0.1, -0.05) is 30.3 Å². The standard InChI is InChI=1S/C21H22N2O3S/c24-21(25)20(23-8-10-27-11-9-23)18-13-22-19-12-16(6-7-17(18)19)26-14-15-4-2-1-3-5-15/h1-7,12-13,20,22H,8-11,14H2,(H,24,25)/t20-/m1/s1. The molecule has 4 rings (SSSR count). The van der Waals surface area contributed by atoms with E-state index in [4.69, 9.17) is 4.74 Å². The highest BCUT2D eigenvalue weighted by molar-refractivity contribution is 7.99. The van der Waals surface area contributed by atoms with E-state index in [1.54, 1.807) is 0 Å². The summed E-state index contributed by atoms with van der Waals surface area (Å²) < 4.78 is 5.88. The van der Waals surface area contributed by atoms with Crippen LogP contribution in [0, 0.1) is 0 Å². The number of H-pyrrole nitrogens is 1. The number of ether oxygens (including phenoxy) is 1. The summed E-state index contributed by atoms with van der Waals surface area (Å²) in [5.41, 5.74) is 2.82. The van der Waals surface area contributed by atoms with Crippen molar-refractivity contribution in [2.45, 2.75) is 12.6 Å². The lowest BCUT2D eigenvalue weighted by atomic mass is 10.0. The summed E-state index contributed by atoms with van der Waals surface area (Å²) in [6.07, 6.45) is 1.83. The Balaban J connectivity index is 1.56. The van der Waals surface area contributed by atoms with Crippen molar-refractivity contribution >= 4 is 28.6 Å². The number of carboxylic acids is 1. The van der Waals surface area contributed by atoms with Crippen molar-refractivity contribution in [1.82, 2.24) is 9.88 Å². The third-order valence-electron chi connectivity index (χ3n) is 4.87. The molecule has 0 radical (unpaired) electrons. The Bertz CT molecular complexity index is 920. The number of rotatable bonds is 6. The number of fused-ring (bicyclic) bond motifs is 1. The minimum atomic E-state index is -0.799. The monoisotopic (exact) mass is 382 g/mol. The number of hydrogen-bond acceptors (Lipinski definition) is 4. The number of carboxylic acid groups (broad SMARTS) is 1. The molecule has 1 saturated heterocycles. The molecule has 140 valence electrons. The molecule has 27 heavy (non-hydrogen) atoms. The molecule has 2 heterocycles. The van der Waals surface area contributed by atoms with Crippen LogP contribution in [0.25, 0.3) is 10.9 Å². The maximum Gasteiger partial charge on any atom is 0.325 e. The summed E-state index contributed by atoms with van der Waals surface area (Å²) >= 11 is 1.88. The number of benzene rings is 2. The first-order chi connectivity index (χ1) is 13.2. The molecular formula is C21H22N2O3S. The van der Waals surface area contributed by atoms with Crippen LogP contribution in [0.15, 0.2) is 54.7 Å². The quantitative estimate of drug-likeness (QED) is 0.676. The zero-order valence-electron chi connectivity index (χ0n) is 14.9. The summed E-state index contributed by atoms with van der Waals surface area (Å²) in [5, 5.41) is 10.8. The maximum absolute atomic E-state index is 12.0. The highest BCUT2D eigenvalue weighted by atomic mass is 32.2. The van der Waals surface area contributed by atoms with Gasteiger partial charge in [0, 0.05) is 53.3 Å². The van der Waals surface area contributed by atoms with Gasteiger partial charge >= 0.3 is 5.97 Å². The van der Waals surface area contributed by atoms with Crippen LogP contribution in [-0.4, -0.2) is 45.6 Å². The van der Waals surface area contributed by atoms with Crippen molar-refractivity contribution in [3.05, 3.63) is 65.9 Å². The number of carbonyl (C=O) groups is 1. The van der Waals surface area contributed by atoms with Crippen LogP contribution in [0.1, 0.15) is 17.2 Å². The molecule has 0 aliphatic carbocycles. The molecule has 1 aliphatic heterocycles. The number of nitrogens with one attached hydrogen (secondary N) is 1. The van der Waals surface area contributed by atoms with Crippen molar-refractivity contribution in [2.75, 3.05) is 24.6 Å². The van der Waals surface area contributed by atoms with E-state index in [1.165, 1.54) is 0 Å². The van der Waals surface area contributed by atoms with E-state index in [2.05, 4.69) is 9.88 Å². The average Bonchev–Trinajstić information content (AvgIpc) is 3.11. The van der Waals surface area contributed by atoms with Crippen molar-refractivity contribution in [1.29, 1.82) is 0 Å². The fourth-order valence-electron chi connectivity index (χ4n) is 3.51. The van der Waals surface area contributed by atoms with Crippen LogP contribution in [0.2, 0.25) is 0 Å². The fourth-order valence-corrected chi connectivity index (χ4v) is 4.44. The first-order valence-corrected chi connectivity index (χ1v) is 10.2. The number of aromatic amines is 1. The number of nitrogens with zero attached hydrogens (tertiary/aromatic N) is 1. The van der Waals surface area contributed by atoms with Gasteiger partial charge in [0.1, 0.15) is 18.4 Å². The third kappa shape index (κ3) is 3.96. The van der Waals surface area contributed by atoms with Crippen molar-refractivity contribution in [3.8, 4) is 5.75 Å². The maximum atomic E-state index is 12.0. The van der Waals surface area contributed by atoms with Gasteiger partial charge in [0.15, 0.2) is 0 Å². The predicted molar refractivity (Wildman–Crippen MR) is 108 cm³/mol. The zero-order chi connectivity index (χ0) is 18.6. The van der Waals surface area contributed by atoms with Gasteiger partial charge in [0.05, 0.1) is 0 Å². The Kier molecular flexibility index (Phi) is 5.36. The molecule has 0 spiro atoms. The lowest BCUT2D eigenvalue weighted by Crippen LogP contribution is -2.39. The van der Waals surface area contributed by atoms with Crippen LogP contribution >= 0.6 is 11.8 Å². The first kappa shape index (κ1) is 17.9. The normalized spacial score (nSPS) is 16.3. The molecule has 1 aromatic heterocycles. The van der Waals surface area contributed by atoms with E-state index in [0.29, 0.717) is 6.61 Å². The second-order valence-corrected chi connectivity index (χ2v) is 7.84. The molecule has 0 saturated carbocycles. The summed E-state index contributed by atoms with van der Waals surface area (Å²) in [6.45, 7) is 2.10. The molecule has 6 heteroatoms. The lowest BCUT2D eigenvalue weighted by molar-refractivity contribution is -0.143. The van der Waals surface area contributed by atoms with Gasteiger partial charge < -0.3 is 14.8 Å². The largest absolute Gasteiger partial charge is 0.489 e. The summed E-state index contributed by atoms with van der Waals surface area (Å²) in [5.74, 6) is 1.92. The molecule has 0 amide bonds. The number of thioether (sulfide) groups is 1. The van der Waals surface area contributed by atoms with Crippen molar-refractivity contribution in [3.63, 3.8) is 0 Å². The molecule has 3 aromatic rings. The van der Waals surface area contributed by atoms with Gasteiger partial charge in [-0.15, -0.1) is 0 Å². The van der Waals surface area contributed by atoms with E-state index in [9.17, 15) is 9.90 Å². The Morgan fingerprint density at radius 2 is 1.96 bits per heavy atom. The van der Waals surface area contributed by atoms with Gasteiger partial charge in [-0.05, 0) is 17.7 Å². The highest BCUT2D eigenvalue weighted by Gasteiger charge is 2.30. The van der Waals surface area contributed by atoms with Gasteiger partial charge in [-0.25, -0.2) is 0 Å². The minimum absolute atomic E-state index is 0.503. The van der Waals surface area contributed by atoms with E-state index in [1.807, 2.05) is 66.5 Å². The Morgan fingerprint density at radius 1 is 1.19 bits per heavy atom. The third-order valence-corrected chi connectivity index (χ3v) is 5.82. The number of hydrogen-bond donors (Lipinski definition) is 2. The Hall–Kier alpha value is -2.44.